The molecule has 2 aromatic heterocycles. The SMILES string of the molecule is OCCNc1nc([C@H]2CCOC2)cc(N(Cc2cccnc2)C2CC2)n1. The summed E-state index contributed by atoms with van der Waals surface area (Å²) in [4.78, 5) is 16.0. The molecule has 0 amide bonds. The molecule has 1 aliphatic heterocycles. The lowest BCUT2D eigenvalue weighted by atomic mass is 10.0. The molecule has 3 heterocycles. The van der Waals surface area contributed by atoms with Crippen LogP contribution in [0.2, 0.25) is 0 Å². The van der Waals surface area contributed by atoms with E-state index in [1.54, 1.807) is 6.20 Å². The molecule has 1 saturated heterocycles. The van der Waals surface area contributed by atoms with E-state index < -0.39 is 0 Å². The largest absolute Gasteiger partial charge is 0.395 e. The molecule has 7 heteroatoms. The van der Waals surface area contributed by atoms with E-state index >= 15 is 0 Å². The number of ether oxygens (including phenoxy) is 1. The highest BCUT2D eigenvalue weighted by Gasteiger charge is 2.31. The second-order valence-electron chi connectivity index (χ2n) is 6.91. The van der Waals surface area contributed by atoms with Crippen LogP contribution >= 0.6 is 0 Å². The third-order valence-electron chi connectivity index (χ3n) is 4.83. The van der Waals surface area contributed by atoms with Crippen LogP contribution in [0.15, 0.2) is 30.6 Å². The molecule has 2 N–H and O–H groups in total. The number of pyridine rings is 1. The summed E-state index contributed by atoms with van der Waals surface area (Å²) in [5.74, 6) is 1.83. The Morgan fingerprint density at radius 1 is 1.27 bits per heavy atom. The third kappa shape index (κ3) is 4.11. The van der Waals surface area contributed by atoms with Crippen molar-refractivity contribution in [3.05, 3.63) is 41.9 Å². The first-order chi connectivity index (χ1) is 12.8. The third-order valence-corrected chi connectivity index (χ3v) is 4.83. The van der Waals surface area contributed by atoms with Crippen molar-refractivity contribution < 1.29 is 9.84 Å². The average molecular weight is 355 g/mol. The highest BCUT2D eigenvalue weighted by Crippen LogP contribution is 2.34. The molecular weight excluding hydrogens is 330 g/mol. The number of anilines is 2. The zero-order valence-electron chi connectivity index (χ0n) is 14.8. The normalized spacial score (nSPS) is 19.5. The fourth-order valence-corrected chi connectivity index (χ4v) is 3.30. The molecule has 1 aliphatic carbocycles. The van der Waals surface area contributed by atoms with E-state index in [0.717, 1.165) is 31.1 Å². The van der Waals surface area contributed by atoms with Gasteiger partial charge in [0.1, 0.15) is 5.82 Å². The van der Waals surface area contributed by atoms with Gasteiger partial charge in [-0.05, 0) is 30.9 Å². The van der Waals surface area contributed by atoms with Gasteiger partial charge in [-0.3, -0.25) is 4.98 Å². The molecular formula is C19H25N5O2. The van der Waals surface area contributed by atoms with Gasteiger partial charge in [-0.25, -0.2) is 4.98 Å². The van der Waals surface area contributed by atoms with Crippen molar-refractivity contribution in [2.75, 3.05) is 36.6 Å². The minimum absolute atomic E-state index is 0.0531. The van der Waals surface area contributed by atoms with Crippen molar-refractivity contribution in [2.45, 2.75) is 37.8 Å². The summed E-state index contributed by atoms with van der Waals surface area (Å²) in [6, 6.07) is 6.69. The van der Waals surface area contributed by atoms with Crippen molar-refractivity contribution in [3.63, 3.8) is 0 Å². The van der Waals surface area contributed by atoms with E-state index in [1.807, 2.05) is 12.3 Å². The summed E-state index contributed by atoms with van der Waals surface area (Å²) >= 11 is 0. The van der Waals surface area contributed by atoms with Crippen molar-refractivity contribution in [1.82, 2.24) is 15.0 Å². The Kier molecular flexibility index (Phi) is 5.26. The lowest BCUT2D eigenvalue weighted by Crippen LogP contribution is -2.27. The zero-order valence-corrected chi connectivity index (χ0v) is 14.8. The molecule has 0 radical (unpaired) electrons. The minimum Gasteiger partial charge on any atom is -0.395 e. The first kappa shape index (κ1) is 17.2. The number of nitrogens with zero attached hydrogens (tertiary/aromatic N) is 4. The van der Waals surface area contributed by atoms with Crippen molar-refractivity contribution in [1.29, 1.82) is 0 Å². The molecule has 0 aromatic carbocycles. The Morgan fingerprint density at radius 2 is 2.19 bits per heavy atom. The molecule has 2 aromatic rings. The van der Waals surface area contributed by atoms with Gasteiger partial charge in [0.25, 0.3) is 0 Å². The van der Waals surface area contributed by atoms with E-state index in [2.05, 4.69) is 32.3 Å². The van der Waals surface area contributed by atoms with Crippen LogP contribution in [0.3, 0.4) is 0 Å². The Hall–Kier alpha value is -2.25. The molecule has 26 heavy (non-hydrogen) atoms. The van der Waals surface area contributed by atoms with Gasteiger partial charge in [0, 0.05) is 50.1 Å². The van der Waals surface area contributed by atoms with E-state index in [4.69, 9.17) is 14.8 Å². The molecule has 1 atom stereocenters. The van der Waals surface area contributed by atoms with Gasteiger partial charge in [-0.15, -0.1) is 0 Å². The van der Waals surface area contributed by atoms with Gasteiger partial charge in [-0.1, -0.05) is 6.07 Å². The highest BCUT2D eigenvalue weighted by molar-refractivity contribution is 5.48. The zero-order chi connectivity index (χ0) is 17.8. The predicted octanol–water partition coefficient (Wildman–Crippen LogP) is 1.95. The first-order valence-corrected chi connectivity index (χ1v) is 9.30. The monoisotopic (exact) mass is 355 g/mol. The number of hydrogen-bond acceptors (Lipinski definition) is 7. The Bertz CT molecular complexity index is 717. The molecule has 0 unspecified atom stereocenters. The van der Waals surface area contributed by atoms with Gasteiger partial charge in [0.2, 0.25) is 5.95 Å². The minimum atomic E-state index is 0.0531. The lowest BCUT2D eigenvalue weighted by molar-refractivity contribution is 0.193. The molecule has 2 aliphatic rings. The van der Waals surface area contributed by atoms with Crippen molar-refractivity contribution in [3.8, 4) is 0 Å². The Morgan fingerprint density at radius 3 is 2.88 bits per heavy atom. The maximum Gasteiger partial charge on any atom is 0.224 e. The van der Waals surface area contributed by atoms with Crippen LogP contribution in [0, 0.1) is 0 Å². The van der Waals surface area contributed by atoms with Crippen LogP contribution in [0.25, 0.3) is 0 Å². The second kappa shape index (κ2) is 7.97. The Balaban J connectivity index is 1.64. The molecule has 1 saturated carbocycles. The molecule has 2 fully saturated rings. The van der Waals surface area contributed by atoms with Crippen LogP contribution in [0.4, 0.5) is 11.8 Å². The number of hydrogen-bond donors (Lipinski definition) is 2. The van der Waals surface area contributed by atoms with E-state index in [-0.39, 0.29) is 6.61 Å². The second-order valence-corrected chi connectivity index (χ2v) is 6.91. The van der Waals surface area contributed by atoms with Crippen LogP contribution in [0.1, 0.15) is 36.4 Å². The van der Waals surface area contributed by atoms with Crippen LogP contribution in [0.5, 0.6) is 0 Å². The molecule has 4 rings (SSSR count). The van der Waals surface area contributed by atoms with Gasteiger partial charge >= 0.3 is 0 Å². The van der Waals surface area contributed by atoms with Crippen molar-refractivity contribution >= 4 is 11.8 Å². The van der Waals surface area contributed by atoms with E-state index in [9.17, 15) is 0 Å². The number of nitrogens with one attached hydrogen (secondary N) is 1. The number of aliphatic hydroxyl groups is 1. The summed E-state index contributed by atoms with van der Waals surface area (Å²) in [5, 5.41) is 12.2. The summed E-state index contributed by atoms with van der Waals surface area (Å²) in [6.45, 7) is 2.77. The summed E-state index contributed by atoms with van der Waals surface area (Å²) in [6.07, 6.45) is 7.07. The summed E-state index contributed by atoms with van der Waals surface area (Å²) < 4.78 is 5.55. The van der Waals surface area contributed by atoms with Crippen LogP contribution < -0.4 is 10.2 Å². The van der Waals surface area contributed by atoms with Gasteiger partial charge < -0.3 is 20.1 Å². The summed E-state index contributed by atoms with van der Waals surface area (Å²) in [5.41, 5.74) is 2.19. The Labute approximate surface area is 153 Å². The maximum absolute atomic E-state index is 9.12. The quantitative estimate of drug-likeness (QED) is 0.749. The lowest BCUT2D eigenvalue weighted by Gasteiger charge is -2.25. The van der Waals surface area contributed by atoms with E-state index in [1.165, 1.54) is 18.4 Å². The van der Waals surface area contributed by atoms with Gasteiger partial charge in [0.05, 0.1) is 18.9 Å². The summed E-state index contributed by atoms with van der Waals surface area (Å²) in [7, 11) is 0. The molecule has 0 spiro atoms. The van der Waals surface area contributed by atoms with E-state index in [0.29, 0.717) is 31.1 Å². The van der Waals surface area contributed by atoms with Crippen LogP contribution in [-0.2, 0) is 11.3 Å². The highest BCUT2D eigenvalue weighted by atomic mass is 16.5. The fraction of sp³-hybridized carbons (Fsp3) is 0.526. The van der Waals surface area contributed by atoms with Gasteiger partial charge in [-0.2, -0.15) is 4.98 Å². The van der Waals surface area contributed by atoms with Gasteiger partial charge in [0.15, 0.2) is 0 Å². The predicted molar refractivity (Wildman–Crippen MR) is 99.2 cm³/mol. The fourth-order valence-electron chi connectivity index (χ4n) is 3.30. The topological polar surface area (TPSA) is 83.4 Å². The standard InChI is InChI=1S/C19H25N5O2/c25-8-7-21-19-22-17(15-5-9-26-13-15)10-18(23-19)24(16-3-4-16)12-14-2-1-6-20-11-14/h1-2,6,10-11,15-16,25H,3-5,7-9,12-13H2,(H,21,22,23)/t15-/m0/s1. The number of aliphatic hydroxyl groups excluding tert-OH is 1. The van der Waals surface area contributed by atoms with Crippen LogP contribution in [-0.4, -0.2) is 52.5 Å². The number of rotatable bonds is 8. The first-order valence-electron chi connectivity index (χ1n) is 9.30. The average Bonchev–Trinajstić information content (AvgIpc) is 3.37. The molecule has 138 valence electrons. The molecule has 0 bridgehead atoms. The maximum atomic E-state index is 9.12. The number of aromatic nitrogens is 3. The molecule has 7 nitrogen and oxygen atoms in total. The smallest absolute Gasteiger partial charge is 0.224 e. The van der Waals surface area contributed by atoms with Crippen molar-refractivity contribution in [2.24, 2.45) is 0 Å².